The van der Waals surface area contributed by atoms with E-state index in [1.165, 1.54) is 25.7 Å². The molecule has 30 heavy (non-hydrogen) atoms. The van der Waals surface area contributed by atoms with Gasteiger partial charge in [0.2, 0.25) is 5.95 Å². The zero-order valence-electron chi connectivity index (χ0n) is 17.5. The number of aliphatic hydroxyl groups excluding tert-OH is 1. The summed E-state index contributed by atoms with van der Waals surface area (Å²) in [6.45, 7) is -0.142. The van der Waals surface area contributed by atoms with Crippen molar-refractivity contribution in [3.63, 3.8) is 0 Å². The Balaban J connectivity index is 1.94. The van der Waals surface area contributed by atoms with Crippen molar-refractivity contribution in [1.82, 2.24) is 9.97 Å². The predicted octanol–water partition coefficient (Wildman–Crippen LogP) is 3.94. The van der Waals surface area contributed by atoms with Gasteiger partial charge in [0.05, 0.1) is 13.7 Å². The fourth-order valence-corrected chi connectivity index (χ4v) is 4.20. The lowest BCUT2D eigenvalue weighted by Gasteiger charge is -2.16. The lowest BCUT2D eigenvalue weighted by atomic mass is 10.0. The van der Waals surface area contributed by atoms with Crippen molar-refractivity contribution >= 4 is 31.9 Å². The summed E-state index contributed by atoms with van der Waals surface area (Å²) in [6, 6.07) is 3.79. The van der Waals surface area contributed by atoms with Crippen LogP contribution in [0.25, 0.3) is 0 Å². The fraction of sp³-hybridized carbons (Fsp3) is 0.524. The van der Waals surface area contributed by atoms with Crippen molar-refractivity contribution in [1.29, 1.82) is 0 Å². The van der Waals surface area contributed by atoms with Crippen molar-refractivity contribution < 1.29 is 14.6 Å². The molecule has 166 valence electrons. The van der Waals surface area contributed by atoms with Gasteiger partial charge in [0.1, 0.15) is 12.2 Å². The van der Waals surface area contributed by atoms with Crippen molar-refractivity contribution in [2.45, 2.75) is 45.1 Å². The molecule has 0 bridgehead atoms. The summed E-state index contributed by atoms with van der Waals surface area (Å²) in [5.41, 5.74) is 13.9. The highest BCUT2D eigenvalue weighted by molar-refractivity contribution is 7.37. The smallest absolute Gasteiger partial charge is 0.221 e. The quantitative estimate of drug-likeness (QED) is 0.225. The maximum absolute atomic E-state index is 9.85. The molecule has 0 spiro atoms. The van der Waals surface area contributed by atoms with E-state index in [0.717, 1.165) is 29.6 Å². The first-order valence-electron chi connectivity index (χ1n) is 10.2. The number of anilines is 2. The maximum atomic E-state index is 9.85. The number of benzene rings is 1. The molecular weight excluding hydrogens is 423 g/mol. The van der Waals surface area contributed by atoms with E-state index in [4.69, 9.17) is 32.5 Å². The van der Waals surface area contributed by atoms with Crippen LogP contribution in [0.3, 0.4) is 0 Å². The molecule has 2 rings (SSSR count). The molecule has 5 N–H and O–H groups in total. The monoisotopic (exact) mass is 454 g/mol. The number of nitrogens with zero attached hydrogens (tertiary/aromatic N) is 2. The van der Waals surface area contributed by atoms with E-state index in [1.807, 2.05) is 12.1 Å². The van der Waals surface area contributed by atoms with Gasteiger partial charge < -0.3 is 26.0 Å². The molecule has 0 amide bonds. The van der Waals surface area contributed by atoms with Crippen LogP contribution in [0.1, 0.15) is 48.8 Å². The van der Waals surface area contributed by atoms with Crippen molar-refractivity contribution in [2.75, 3.05) is 37.0 Å². The average molecular weight is 455 g/mol. The van der Waals surface area contributed by atoms with Crippen LogP contribution in [0.15, 0.2) is 18.3 Å². The fourth-order valence-electron chi connectivity index (χ4n) is 3.12. The molecule has 1 atom stereocenters. The summed E-state index contributed by atoms with van der Waals surface area (Å²) in [7, 11) is 2.30. The van der Waals surface area contributed by atoms with E-state index in [9.17, 15) is 5.11 Å². The van der Waals surface area contributed by atoms with E-state index < -0.39 is 0 Å². The number of aliphatic hydroxyl groups is 1. The summed E-state index contributed by atoms with van der Waals surface area (Å²) in [4.78, 5) is 7.99. The Morgan fingerprint density at radius 1 is 1.10 bits per heavy atom. The van der Waals surface area contributed by atoms with Gasteiger partial charge in [-0.3, -0.25) is 0 Å². The Kier molecular flexibility index (Phi) is 11.0. The average Bonchev–Trinajstić information content (AvgIpc) is 2.74. The largest absolute Gasteiger partial charge is 0.493 e. The van der Waals surface area contributed by atoms with Gasteiger partial charge in [-0.25, -0.2) is 4.98 Å². The van der Waals surface area contributed by atoms with Crippen LogP contribution in [0.2, 0.25) is 0 Å². The molecule has 1 heterocycles. The molecule has 0 saturated carbocycles. The Bertz CT molecular complexity index is 770. The molecule has 0 aliphatic rings. The highest BCUT2D eigenvalue weighted by atomic mass is 35.5. The van der Waals surface area contributed by atoms with Gasteiger partial charge in [0.25, 0.3) is 0 Å². The summed E-state index contributed by atoms with van der Waals surface area (Å²) in [5.74, 6) is 2.43. The van der Waals surface area contributed by atoms with Gasteiger partial charge >= 0.3 is 0 Å². The van der Waals surface area contributed by atoms with Gasteiger partial charge in [-0.15, -0.1) is 11.6 Å². The maximum Gasteiger partial charge on any atom is 0.221 e. The number of nitrogen functional groups attached to an aromatic ring is 2. The predicted molar refractivity (Wildman–Crippen MR) is 125 cm³/mol. The van der Waals surface area contributed by atoms with E-state index in [0.29, 0.717) is 44.2 Å². The van der Waals surface area contributed by atoms with E-state index in [1.54, 1.807) is 13.3 Å². The number of hydrogen-bond donors (Lipinski definition) is 3. The number of halogens is 1. The van der Waals surface area contributed by atoms with Crippen LogP contribution in [0.5, 0.6) is 11.5 Å². The second-order valence-corrected chi connectivity index (χ2v) is 8.67. The number of ether oxygens (including phenoxy) is 2. The first-order chi connectivity index (χ1) is 14.6. The second-order valence-electron chi connectivity index (χ2n) is 7.01. The van der Waals surface area contributed by atoms with E-state index in [-0.39, 0.29) is 12.6 Å². The van der Waals surface area contributed by atoms with Crippen molar-refractivity contribution in [2.24, 2.45) is 0 Å². The Morgan fingerprint density at radius 2 is 1.87 bits per heavy atom. The van der Waals surface area contributed by atoms with Gasteiger partial charge in [-0.05, 0) is 36.7 Å². The van der Waals surface area contributed by atoms with Crippen LogP contribution in [-0.2, 0) is 13.0 Å². The van der Waals surface area contributed by atoms with Crippen molar-refractivity contribution in [3.8, 4) is 11.5 Å². The number of alkyl halides is 1. The summed E-state index contributed by atoms with van der Waals surface area (Å²) >= 11 is 5.69. The SMILES string of the molecule is COc1cc(Cc2cnc(N)nc2N)cc(CO)c1OCPCCCCCCCCl. The molecule has 7 nitrogen and oxygen atoms in total. The van der Waals surface area contributed by atoms with E-state index >= 15 is 0 Å². The first kappa shape index (κ1) is 24.4. The summed E-state index contributed by atoms with van der Waals surface area (Å²) < 4.78 is 11.5. The third kappa shape index (κ3) is 7.78. The molecule has 0 radical (unpaired) electrons. The highest BCUT2D eigenvalue weighted by Gasteiger charge is 2.14. The Labute approximate surface area is 185 Å². The zero-order chi connectivity index (χ0) is 21.8. The molecule has 0 saturated heterocycles. The van der Waals surface area contributed by atoms with Crippen LogP contribution in [-0.4, -0.2) is 40.6 Å². The number of rotatable bonds is 14. The number of hydrogen-bond acceptors (Lipinski definition) is 7. The molecule has 1 unspecified atom stereocenters. The third-order valence-electron chi connectivity index (χ3n) is 4.70. The molecule has 0 fully saturated rings. The van der Waals surface area contributed by atoms with E-state index in [2.05, 4.69) is 9.97 Å². The topological polar surface area (TPSA) is 117 Å². The Hall–Kier alpha value is -1.82. The minimum atomic E-state index is -0.142. The summed E-state index contributed by atoms with van der Waals surface area (Å²) in [5, 5.41) is 9.85. The first-order valence-corrected chi connectivity index (χ1v) is 12.1. The molecule has 1 aromatic carbocycles. The number of nitrogens with two attached hydrogens (primary N) is 2. The standard InChI is InChI=1S/C21H32ClN4O3P/c1-28-18-11-15(9-16-12-25-21(24)26-20(16)23)10-17(13-27)19(18)29-14-30-8-6-4-2-3-5-7-22/h10-12,27,30H,2-9,13-14H2,1H3,(H4,23,24,25,26). The molecule has 9 heteroatoms. The van der Waals surface area contributed by atoms with Crippen LogP contribution in [0, 0.1) is 0 Å². The minimum absolute atomic E-state index is 0.142. The normalized spacial score (nSPS) is 11.3. The lowest BCUT2D eigenvalue weighted by molar-refractivity contribution is 0.267. The van der Waals surface area contributed by atoms with Crippen LogP contribution in [0.4, 0.5) is 11.8 Å². The second kappa shape index (κ2) is 13.5. The van der Waals surface area contributed by atoms with Crippen LogP contribution >= 0.6 is 20.2 Å². The molecule has 0 aliphatic heterocycles. The molecule has 0 aliphatic carbocycles. The van der Waals surface area contributed by atoms with Gasteiger partial charge in [-0.2, -0.15) is 4.98 Å². The van der Waals surface area contributed by atoms with Gasteiger partial charge in [0, 0.05) is 29.6 Å². The highest BCUT2D eigenvalue weighted by Crippen LogP contribution is 2.35. The lowest BCUT2D eigenvalue weighted by Crippen LogP contribution is -2.05. The van der Waals surface area contributed by atoms with Gasteiger partial charge in [0.15, 0.2) is 11.5 Å². The van der Waals surface area contributed by atoms with Crippen molar-refractivity contribution in [3.05, 3.63) is 35.0 Å². The number of unbranched alkanes of at least 4 members (excludes halogenated alkanes) is 4. The van der Waals surface area contributed by atoms with Gasteiger partial charge in [-0.1, -0.05) is 27.8 Å². The zero-order valence-corrected chi connectivity index (χ0v) is 19.2. The number of methoxy groups -OCH3 is 1. The summed E-state index contributed by atoms with van der Waals surface area (Å²) in [6.07, 6.45) is 9.87. The molecular formula is C21H32ClN4O3P. The molecule has 1 aromatic heterocycles. The Morgan fingerprint density at radius 3 is 2.57 bits per heavy atom. The number of aromatic nitrogens is 2. The minimum Gasteiger partial charge on any atom is -0.493 e. The molecule has 2 aromatic rings. The van der Waals surface area contributed by atoms with Crippen LogP contribution < -0.4 is 20.9 Å². The third-order valence-corrected chi connectivity index (χ3v) is 6.02.